The maximum Gasteiger partial charge on any atom is 0.416 e. The van der Waals surface area contributed by atoms with Crippen molar-refractivity contribution in [3.63, 3.8) is 0 Å². The first kappa shape index (κ1) is 18.1. The van der Waals surface area contributed by atoms with Gasteiger partial charge in [0.15, 0.2) is 11.6 Å². The predicted octanol–water partition coefficient (Wildman–Crippen LogP) is 5.09. The molecule has 2 aromatic heterocycles. The number of fused-ring (bicyclic) bond motifs is 1. The molecule has 0 saturated carbocycles. The van der Waals surface area contributed by atoms with Gasteiger partial charge in [-0.1, -0.05) is 26.0 Å². The predicted molar refractivity (Wildman–Crippen MR) is 90.0 cm³/mol. The number of rotatable bonds is 4. The van der Waals surface area contributed by atoms with Gasteiger partial charge in [-0.15, -0.1) is 0 Å². The average Bonchev–Trinajstić information content (AvgIpc) is 2.89. The summed E-state index contributed by atoms with van der Waals surface area (Å²) in [5.74, 6) is -0.867. The van der Waals surface area contributed by atoms with Gasteiger partial charge in [0.05, 0.1) is 17.6 Å². The van der Waals surface area contributed by atoms with Crippen molar-refractivity contribution >= 4 is 16.8 Å². The second-order valence-electron chi connectivity index (χ2n) is 6.40. The summed E-state index contributed by atoms with van der Waals surface area (Å²) >= 11 is 0. The van der Waals surface area contributed by atoms with Gasteiger partial charge in [-0.3, -0.25) is 9.78 Å². The monoisotopic (exact) mass is 364 g/mol. The van der Waals surface area contributed by atoms with Crippen LogP contribution in [0.5, 0.6) is 0 Å². The van der Waals surface area contributed by atoms with E-state index in [-0.39, 0.29) is 23.8 Å². The Morgan fingerprint density at radius 3 is 2.58 bits per heavy atom. The molecular formula is C19H16F4N2O. The van der Waals surface area contributed by atoms with Crippen LogP contribution in [0.2, 0.25) is 0 Å². The van der Waals surface area contributed by atoms with Crippen LogP contribution in [0.1, 0.15) is 19.4 Å². The number of alkyl halides is 3. The summed E-state index contributed by atoms with van der Waals surface area (Å²) in [6.45, 7) is 3.47. The van der Waals surface area contributed by atoms with Crippen molar-refractivity contribution < 1.29 is 22.4 Å². The standard InChI is InChI=1S/C19H16F4N2O/c1-11(2)17(26)10-25-9-15(20)18-16(25)7-13(8-24-18)12-4-3-5-14(6-12)19(21,22)23/h3-9,11H,10H2,1-2H3. The summed E-state index contributed by atoms with van der Waals surface area (Å²) < 4.78 is 54.3. The number of hydrogen-bond acceptors (Lipinski definition) is 2. The van der Waals surface area contributed by atoms with Crippen molar-refractivity contribution in [3.8, 4) is 11.1 Å². The Hall–Kier alpha value is -2.70. The summed E-state index contributed by atoms with van der Waals surface area (Å²) in [7, 11) is 0. The summed E-state index contributed by atoms with van der Waals surface area (Å²) in [6.07, 6.45) is -1.94. The Morgan fingerprint density at radius 1 is 1.19 bits per heavy atom. The average molecular weight is 364 g/mol. The molecule has 0 radical (unpaired) electrons. The molecule has 0 spiro atoms. The van der Waals surface area contributed by atoms with Gasteiger partial charge < -0.3 is 4.57 Å². The minimum absolute atomic E-state index is 0.0220. The lowest BCUT2D eigenvalue weighted by molar-refractivity contribution is -0.137. The number of aromatic nitrogens is 2. The molecule has 0 bridgehead atoms. The first-order valence-electron chi connectivity index (χ1n) is 8.01. The number of hydrogen-bond donors (Lipinski definition) is 0. The van der Waals surface area contributed by atoms with Crippen molar-refractivity contribution in [2.45, 2.75) is 26.6 Å². The first-order valence-corrected chi connectivity index (χ1v) is 8.01. The minimum Gasteiger partial charge on any atom is -0.336 e. The lowest BCUT2D eigenvalue weighted by Gasteiger charge is -2.10. The summed E-state index contributed by atoms with van der Waals surface area (Å²) in [5, 5.41) is 0. The van der Waals surface area contributed by atoms with Gasteiger partial charge in [0.1, 0.15) is 5.52 Å². The van der Waals surface area contributed by atoms with Gasteiger partial charge >= 0.3 is 6.18 Å². The van der Waals surface area contributed by atoms with E-state index in [0.29, 0.717) is 16.6 Å². The maximum atomic E-state index is 14.1. The number of benzene rings is 1. The normalized spacial score (nSPS) is 12.1. The number of ketones is 1. The van der Waals surface area contributed by atoms with Crippen molar-refractivity contribution in [1.82, 2.24) is 9.55 Å². The Balaban J connectivity index is 2.08. The SMILES string of the molecule is CC(C)C(=O)Cn1cc(F)c2ncc(-c3cccc(C(F)(F)F)c3)cc21. The van der Waals surface area contributed by atoms with E-state index in [2.05, 4.69) is 4.98 Å². The van der Waals surface area contributed by atoms with Crippen molar-refractivity contribution in [2.24, 2.45) is 5.92 Å². The molecule has 0 saturated heterocycles. The minimum atomic E-state index is -4.45. The molecule has 1 aromatic carbocycles. The number of carbonyl (C=O) groups is 1. The summed E-state index contributed by atoms with van der Waals surface area (Å²) in [5.41, 5.74) is 0.410. The van der Waals surface area contributed by atoms with Crippen LogP contribution >= 0.6 is 0 Å². The number of halogens is 4. The van der Waals surface area contributed by atoms with Crippen LogP contribution < -0.4 is 0 Å². The van der Waals surface area contributed by atoms with Crippen molar-refractivity contribution in [2.75, 3.05) is 0 Å². The summed E-state index contributed by atoms with van der Waals surface area (Å²) in [6, 6.07) is 6.39. The van der Waals surface area contributed by atoms with E-state index in [9.17, 15) is 22.4 Å². The Labute approximate surface area is 147 Å². The van der Waals surface area contributed by atoms with Crippen LogP contribution in [-0.2, 0) is 17.5 Å². The van der Waals surface area contributed by atoms with Gasteiger partial charge in [-0.25, -0.2) is 4.39 Å². The molecule has 3 rings (SSSR count). The highest BCUT2D eigenvalue weighted by molar-refractivity contribution is 5.85. The molecule has 0 N–H and O–H groups in total. The lowest BCUT2D eigenvalue weighted by Crippen LogP contribution is -2.14. The fourth-order valence-corrected chi connectivity index (χ4v) is 2.64. The lowest BCUT2D eigenvalue weighted by atomic mass is 10.0. The zero-order valence-corrected chi connectivity index (χ0v) is 14.1. The van der Waals surface area contributed by atoms with E-state index < -0.39 is 17.6 Å². The van der Waals surface area contributed by atoms with Gasteiger partial charge in [-0.05, 0) is 23.8 Å². The molecule has 0 aliphatic carbocycles. The van der Waals surface area contributed by atoms with E-state index in [4.69, 9.17) is 0 Å². The highest BCUT2D eigenvalue weighted by Crippen LogP contribution is 2.33. The molecule has 0 fully saturated rings. The molecule has 7 heteroatoms. The Bertz CT molecular complexity index is 973. The molecule has 26 heavy (non-hydrogen) atoms. The fraction of sp³-hybridized carbons (Fsp3) is 0.263. The number of carbonyl (C=O) groups excluding carboxylic acids is 1. The van der Waals surface area contributed by atoms with Crippen LogP contribution in [0, 0.1) is 11.7 Å². The largest absolute Gasteiger partial charge is 0.416 e. The second kappa shape index (κ2) is 6.55. The van der Waals surface area contributed by atoms with Crippen LogP contribution in [-0.4, -0.2) is 15.3 Å². The molecule has 2 heterocycles. The molecule has 0 aliphatic rings. The molecule has 0 aliphatic heterocycles. The topological polar surface area (TPSA) is 34.9 Å². The molecule has 136 valence electrons. The highest BCUT2D eigenvalue weighted by atomic mass is 19.4. The Kier molecular flexibility index (Phi) is 4.56. The third-order valence-corrected chi connectivity index (χ3v) is 4.17. The van der Waals surface area contributed by atoms with Crippen LogP contribution in [0.3, 0.4) is 0 Å². The number of pyridine rings is 1. The van der Waals surface area contributed by atoms with Crippen LogP contribution in [0.15, 0.2) is 42.7 Å². The fourth-order valence-electron chi connectivity index (χ4n) is 2.64. The first-order chi connectivity index (χ1) is 12.2. The molecule has 0 atom stereocenters. The van der Waals surface area contributed by atoms with Crippen LogP contribution in [0.4, 0.5) is 17.6 Å². The number of Topliss-reactive ketones (excluding diaryl/α,β-unsaturated/α-hetero) is 1. The highest BCUT2D eigenvalue weighted by Gasteiger charge is 2.30. The third kappa shape index (κ3) is 3.47. The zero-order valence-electron chi connectivity index (χ0n) is 14.1. The second-order valence-corrected chi connectivity index (χ2v) is 6.40. The van der Waals surface area contributed by atoms with Gasteiger partial charge in [0.2, 0.25) is 0 Å². The van der Waals surface area contributed by atoms with Gasteiger partial charge in [0, 0.05) is 23.9 Å². The molecule has 0 amide bonds. The van der Waals surface area contributed by atoms with E-state index in [1.807, 2.05) is 0 Å². The van der Waals surface area contributed by atoms with Crippen molar-refractivity contribution in [1.29, 1.82) is 0 Å². The van der Waals surface area contributed by atoms with Gasteiger partial charge in [-0.2, -0.15) is 13.2 Å². The van der Waals surface area contributed by atoms with E-state index >= 15 is 0 Å². The quantitative estimate of drug-likeness (QED) is 0.605. The molecule has 3 aromatic rings. The van der Waals surface area contributed by atoms with Crippen molar-refractivity contribution in [3.05, 3.63) is 54.1 Å². The Morgan fingerprint density at radius 2 is 1.92 bits per heavy atom. The molecular weight excluding hydrogens is 348 g/mol. The van der Waals surface area contributed by atoms with E-state index in [1.54, 1.807) is 19.9 Å². The van der Waals surface area contributed by atoms with Gasteiger partial charge in [0.25, 0.3) is 0 Å². The zero-order chi connectivity index (χ0) is 19.1. The smallest absolute Gasteiger partial charge is 0.336 e. The molecule has 0 unspecified atom stereocenters. The van der Waals surface area contributed by atoms with E-state index in [0.717, 1.165) is 12.1 Å². The number of nitrogens with zero attached hydrogens (tertiary/aromatic N) is 2. The summed E-state index contributed by atoms with van der Waals surface area (Å²) in [4.78, 5) is 16.0. The van der Waals surface area contributed by atoms with Crippen LogP contribution in [0.25, 0.3) is 22.2 Å². The van der Waals surface area contributed by atoms with E-state index in [1.165, 1.54) is 29.1 Å². The third-order valence-electron chi connectivity index (χ3n) is 4.17. The molecule has 3 nitrogen and oxygen atoms in total. The maximum absolute atomic E-state index is 14.1.